The molecule has 0 radical (unpaired) electrons. The minimum absolute atomic E-state index is 0.172. The van der Waals surface area contributed by atoms with E-state index in [4.69, 9.17) is 0 Å². The smallest absolute Gasteiger partial charge is 0.220 e. The number of carbonyl (C=O) groups excluding carboxylic acids is 1. The zero-order valence-corrected chi connectivity index (χ0v) is 8.57. The number of nitrogens with one attached hydrogen (secondary N) is 2. The summed E-state index contributed by atoms with van der Waals surface area (Å²) in [5.74, 6) is 0.172. The van der Waals surface area contributed by atoms with Crippen molar-refractivity contribution in [1.82, 2.24) is 15.6 Å². The Labute approximate surface area is 89.1 Å². The fourth-order valence-corrected chi connectivity index (χ4v) is 1.72. The third kappa shape index (κ3) is 3.02. The number of nitrogens with zero attached hydrogens (tertiary/aromatic N) is 1. The van der Waals surface area contributed by atoms with Crippen LogP contribution < -0.4 is 10.6 Å². The molecule has 1 amide bonds. The Hall–Kier alpha value is -1.42. The van der Waals surface area contributed by atoms with Crippen LogP contribution in [0.1, 0.15) is 18.4 Å². The van der Waals surface area contributed by atoms with E-state index in [1.54, 1.807) is 12.4 Å². The Morgan fingerprint density at radius 3 is 2.93 bits per heavy atom. The number of aromatic nitrogens is 1. The highest BCUT2D eigenvalue weighted by molar-refractivity contribution is 5.78. The lowest BCUT2D eigenvalue weighted by atomic mass is 10.2. The van der Waals surface area contributed by atoms with Gasteiger partial charge in [0.25, 0.3) is 0 Å². The van der Waals surface area contributed by atoms with Gasteiger partial charge in [0.05, 0.1) is 0 Å². The van der Waals surface area contributed by atoms with Crippen molar-refractivity contribution >= 4 is 5.91 Å². The predicted molar refractivity (Wildman–Crippen MR) is 57.1 cm³/mol. The standard InChI is InChI=1S/C11H15N3O/c15-11-2-1-10(14-11)8-13-7-9-3-5-12-6-4-9/h3-6,10,13H,1-2,7-8H2,(H,14,15)/t10-/m1/s1. The van der Waals surface area contributed by atoms with Crippen LogP contribution in [0.15, 0.2) is 24.5 Å². The zero-order valence-electron chi connectivity index (χ0n) is 8.57. The number of amides is 1. The van der Waals surface area contributed by atoms with Crippen LogP contribution in [0.25, 0.3) is 0 Å². The third-order valence-corrected chi connectivity index (χ3v) is 2.55. The molecule has 15 heavy (non-hydrogen) atoms. The SMILES string of the molecule is O=C1CC[C@H](CNCc2ccncc2)N1. The molecule has 2 rings (SSSR count). The molecule has 1 aliphatic heterocycles. The van der Waals surface area contributed by atoms with Crippen LogP contribution >= 0.6 is 0 Å². The molecular weight excluding hydrogens is 190 g/mol. The minimum atomic E-state index is 0.172. The average Bonchev–Trinajstić information content (AvgIpc) is 2.66. The van der Waals surface area contributed by atoms with Crippen LogP contribution in [0, 0.1) is 0 Å². The van der Waals surface area contributed by atoms with Gasteiger partial charge in [0.1, 0.15) is 0 Å². The first kappa shape index (κ1) is 10.1. The van der Waals surface area contributed by atoms with E-state index in [2.05, 4.69) is 15.6 Å². The van der Waals surface area contributed by atoms with Gasteiger partial charge in [-0.3, -0.25) is 9.78 Å². The second-order valence-electron chi connectivity index (χ2n) is 3.79. The van der Waals surface area contributed by atoms with E-state index in [0.717, 1.165) is 19.5 Å². The monoisotopic (exact) mass is 205 g/mol. The summed E-state index contributed by atoms with van der Waals surface area (Å²) in [5, 5.41) is 6.25. The summed E-state index contributed by atoms with van der Waals surface area (Å²) in [4.78, 5) is 14.9. The Balaban J connectivity index is 1.69. The molecule has 1 aromatic rings. The number of pyridine rings is 1. The number of rotatable bonds is 4. The van der Waals surface area contributed by atoms with Crippen molar-refractivity contribution in [2.75, 3.05) is 6.54 Å². The Morgan fingerprint density at radius 2 is 2.27 bits per heavy atom. The maximum Gasteiger partial charge on any atom is 0.220 e. The second kappa shape index (κ2) is 4.89. The first-order valence-electron chi connectivity index (χ1n) is 5.23. The van der Waals surface area contributed by atoms with Crippen LogP contribution in [0.3, 0.4) is 0 Å². The average molecular weight is 205 g/mol. The molecule has 0 saturated carbocycles. The maximum absolute atomic E-state index is 10.9. The van der Waals surface area contributed by atoms with Gasteiger partial charge >= 0.3 is 0 Å². The second-order valence-corrected chi connectivity index (χ2v) is 3.79. The van der Waals surface area contributed by atoms with Crippen molar-refractivity contribution in [2.45, 2.75) is 25.4 Å². The highest BCUT2D eigenvalue weighted by Gasteiger charge is 2.19. The molecule has 1 aliphatic rings. The molecule has 1 saturated heterocycles. The summed E-state index contributed by atoms with van der Waals surface area (Å²) >= 11 is 0. The quantitative estimate of drug-likeness (QED) is 0.750. The highest BCUT2D eigenvalue weighted by atomic mass is 16.1. The number of hydrogen-bond donors (Lipinski definition) is 2. The molecule has 4 nitrogen and oxygen atoms in total. The maximum atomic E-state index is 10.9. The summed E-state index contributed by atoms with van der Waals surface area (Å²) in [6.07, 6.45) is 5.19. The van der Waals surface area contributed by atoms with Gasteiger partial charge in [-0.25, -0.2) is 0 Å². The molecule has 0 aromatic carbocycles. The van der Waals surface area contributed by atoms with Crippen molar-refractivity contribution in [1.29, 1.82) is 0 Å². The van der Waals surface area contributed by atoms with E-state index in [1.807, 2.05) is 12.1 Å². The van der Waals surface area contributed by atoms with Crippen LogP contribution in [-0.4, -0.2) is 23.5 Å². The molecule has 1 atom stereocenters. The van der Waals surface area contributed by atoms with E-state index in [0.29, 0.717) is 12.5 Å². The molecule has 0 bridgehead atoms. The lowest BCUT2D eigenvalue weighted by Crippen LogP contribution is -2.35. The fraction of sp³-hybridized carbons (Fsp3) is 0.455. The Morgan fingerprint density at radius 1 is 1.47 bits per heavy atom. The minimum Gasteiger partial charge on any atom is -0.352 e. The lowest BCUT2D eigenvalue weighted by Gasteiger charge is -2.10. The van der Waals surface area contributed by atoms with Gasteiger partial charge < -0.3 is 10.6 Å². The first-order chi connectivity index (χ1) is 7.34. The molecule has 0 spiro atoms. The molecule has 0 aliphatic carbocycles. The van der Waals surface area contributed by atoms with Gasteiger partial charge in [-0.1, -0.05) is 0 Å². The topological polar surface area (TPSA) is 54.0 Å². The molecule has 1 aromatic heterocycles. The van der Waals surface area contributed by atoms with Gasteiger partial charge in [-0.15, -0.1) is 0 Å². The molecular formula is C11H15N3O. The van der Waals surface area contributed by atoms with E-state index in [-0.39, 0.29) is 5.91 Å². The normalized spacial score (nSPS) is 20.3. The van der Waals surface area contributed by atoms with Crippen molar-refractivity contribution in [3.63, 3.8) is 0 Å². The fourth-order valence-electron chi connectivity index (χ4n) is 1.72. The van der Waals surface area contributed by atoms with Crippen molar-refractivity contribution < 1.29 is 4.79 Å². The summed E-state index contributed by atoms with van der Waals surface area (Å²) < 4.78 is 0. The van der Waals surface area contributed by atoms with E-state index in [9.17, 15) is 4.79 Å². The molecule has 2 heterocycles. The molecule has 2 N–H and O–H groups in total. The van der Waals surface area contributed by atoms with E-state index < -0.39 is 0 Å². The van der Waals surface area contributed by atoms with Gasteiger partial charge in [-0.2, -0.15) is 0 Å². The predicted octanol–water partition coefficient (Wildman–Crippen LogP) is 0.450. The molecule has 4 heteroatoms. The Bertz CT molecular complexity index is 326. The number of carbonyl (C=O) groups is 1. The molecule has 1 fully saturated rings. The summed E-state index contributed by atoms with van der Waals surface area (Å²) in [7, 11) is 0. The first-order valence-corrected chi connectivity index (χ1v) is 5.23. The zero-order chi connectivity index (χ0) is 10.5. The van der Waals surface area contributed by atoms with Crippen LogP contribution in [-0.2, 0) is 11.3 Å². The van der Waals surface area contributed by atoms with Crippen molar-refractivity contribution in [3.05, 3.63) is 30.1 Å². The van der Waals surface area contributed by atoms with Crippen LogP contribution in [0.5, 0.6) is 0 Å². The molecule has 0 unspecified atom stereocenters. The number of hydrogen-bond acceptors (Lipinski definition) is 3. The molecule has 80 valence electrons. The van der Waals surface area contributed by atoms with Crippen molar-refractivity contribution in [3.8, 4) is 0 Å². The van der Waals surface area contributed by atoms with Gasteiger partial charge in [-0.05, 0) is 24.1 Å². The van der Waals surface area contributed by atoms with Gasteiger partial charge in [0.2, 0.25) is 5.91 Å². The van der Waals surface area contributed by atoms with Crippen LogP contribution in [0.2, 0.25) is 0 Å². The summed E-state index contributed by atoms with van der Waals surface area (Å²) in [6.45, 7) is 1.67. The van der Waals surface area contributed by atoms with E-state index in [1.165, 1.54) is 5.56 Å². The summed E-state index contributed by atoms with van der Waals surface area (Å²) in [5.41, 5.74) is 1.22. The Kier molecular flexibility index (Phi) is 3.29. The largest absolute Gasteiger partial charge is 0.352 e. The highest BCUT2D eigenvalue weighted by Crippen LogP contribution is 2.05. The van der Waals surface area contributed by atoms with Crippen LogP contribution in [0.4, 0.5) is 0 Å². The lowest BCUT2D eigenvalue weighted by molar-refractivity contribution is -0.119. The van der Waals surface area contributed by atoms with Gasteiger partial charge in [0.15, 0.2) is 0 Å². The van der Waals surface area contributed by atoms with E-state index >= 15 is 0 Å². The van der Waals surface area contributed by atoms with Crippen molar-refractivity contribution in [2.24, 2.45) is 0 Å². The summed E-state index contributed by atoms with van der Waals surface area (Å²) in [6, 6.07) is 4.28. The van der Waals surface area contributed by atoms with Gasteiger partial charge in [0, 0.05) is 37.9 Å². The third-order valence-electron chi connectivity index (χ3n) is 2.55.